The highest BCUT2D eigenvalue weighted by Gasteiger charge is 2.29. The number of methoxy groups -OCH3 is 1. The minimum absolute atomic E-state index is 0.0446. The number of hydrogen-bond donors (Lipinski definition) is 1. The molecule has 0 radical (unpaired) electrons. The molecule has 7 heteroatoms. The highest BCUT2D eigenvalue weighted by Crippen LogP contribution is 2.34. The van der Waals surface area contributed by atoms with Gasteiger partial charge in [0.05, 0.1) is 7.11 Å². The number of ether oxygens (including phenoxy) is 1. The van der Waals surface area contributed by atoms with E-state index in [1.54, 1.807) is 7.11 Å². The summed E-state index contributed by atoms with van der Waals surface area (Å²) in [6.07, 6.45) is 5.08. The smallest absolute Gasteiger partial charge is 0.291 e. The Labute approximate surface area is 199 Å². The number of rotatable bonds is 6. The lowest BCUT2D eigenvalue weighted by molar-refractivity contribution is -0.117. The van der Waals surface area contributed by atoms with Crippen molar-refractivity contribution in [1.29, 1.82) is 0 Å². The number of para-hydroxylation sites is 1. The molecule has 0 unspecified atom stereocenters. The van der Waals surface area contributed by atoms with Gasteiger partial charge in [-0.05, 0) is 55.2 Å². The van der Waals surface area contributed by atoms with E-state index in [4.69, 9.17) is 9.15 Å². The van der Waals surface area contributed by atoms with Crippen LogP contribution in [-0.4, -0.2) is 50.0 Å². The molecular weight excluding hydrogens is 430 g/mol. The average molecular weight is 462 g/mol. The Morgan fingerprint density at radius 3 is 2.41 bits per heavy atom. The molecule has 0 atom stereocenters. The minimum atomic E-state index is -0.179. The summed E-state index contributed by atoms with van der Waals surface area (Å²) in [4.78, 5) is 30.4. The molecule has 1 N–H and O–H groups in total. The van der Waals surface area contributed by atoms with Gasteiger partial charge in [-0.1, -0.05) is 25.0 Å². The number of carbonyl (C=O) groups is 2. The molecule has 34 heavy (non-hydrogen) atoms. The maximum absolute atomic E-state index is 13.5. The lowest BCUT2D eigenvalue weighted by Gasteiger charge is -2.35. The SMILES string of the molecule is COc1ccc(N2CCN(C(=O)c3oc4ccccc4c3NC(=O)CC3CCCC3)CC2)cc1. The molecule has 2 heterocycles. The van der Waals surface area contributed by atoms with E-state index in [0.29, 0.717) is 36.7 Å². The summed E-state index contributed by atoms with van der Waals surface area (Å²) >= 11 is 0. The van der Waals surface area contributed by atoms with Crippen molar-refractivity contribution in [1.82, 2.24) is 4.90 Å². The van der Waals surface area contributed by atoms with Crippen LogP contribution in [0.1, 0.15) is 42.7 Å². The van der Waals surface area contributed by atoms with Gasteiger partial charge in [-0.25, -0.2) is 0 Å². The van der Waals surface area contributed by atoms with Crippen molar-refractivity contribution < 1.29 is 18.7 Å². The summed E-state index contributed by atoms with van der Waals surface area (Å²) in [7, 11) is 1.66. The van der Waals surface area contributed by atoms with Crippen molar-refractivity contribution in [2.75, 3.05) is 43.5 Å². The number of anilines is 2. The zero-order valence-electron chi connectivity index (χ0n) is 19.6. The molecule has 1 aromatic heterocycles. The van der Waals surface area contributed by atoms with Crippen LogP contribution in [-0.2, 0) is 4.79 Å². The third-order valence-corrected chi connectivity index (χ3v) is 7.01. The monoisotopic (exact) mass is 461 g/mol. The number of carbonyl (C=O) groups excluding carboxylic acids is 2. The van der Waals surface area contributed by atoms with E-state index >= 15 is 0 Å². The fourth-order valence-electron chi connectivity index (χ4n) is 5.09. The van der Waals surface area contributed by atoms with Gasteiger partial charge in [0.1, 0.15) is 17.0 Å². The predicted octanol–water partition coefficient (Wildman–Crippen LogP) is 4.92. The van der Waals surface area contributed by atoms with Crippen molar-refractivity contribution in [3.05, 3.63) is 54.3 Å². The maximum atomic E-state index is 13.5. The number of amides is 2. The number of hydrogen-bond acceptors (Lipinski definition) is 5. The number of nitrogens with zero attached hydrogens (tertiary/aromatic N) is 2. The van der Waals surface area contributed by atoms with E-state index in [1.807, 2.05) is 53.4 Å². The van der Waals surface area contributed by atoms with Crippen molar-refractivity contribution in [3.63, 3.8) is 0 Å². The fraction of sp³-hybridized carbons (Fsp3) is 0.407. The first-order chi connectivity index (χ1) is 16.6. The van der Waals surface area contributed by atoms with E-state index in [2.05, 4.69) is 10.2 Å². The Bertz CT molecular complexity index is 1160. The number of fused-ring (bicyclic) bond motifs is 1. The topological polar surface area (TPSA) is 75.0 Å². The molecule has 1 aliphatic carbocycles. The second kappa shape index (κ2) is 9.79. The van der Waals surface area contributed by atoms with Crippen LogP contribution in [0.3, 0.4) is 0 Å². The molecule has 0 spiro atoms. The summed E-state index contributed by atoms with van der Waals surface area (Å²) in [5.74, 6) is 1.26. The predicted molar refractivity (Wildman–Crippen MR) is 133 cm³/mol. The molecule has 7 nitrogen and oxygen atoms in total. The number of piperazine rings is 1. The Kier molecular flexibility index (Phi) is 6.43. The molecule has 5 rings (SSSR count). The number of furan rings is 1. The first kappa shape index (κ1) is 22.3. The van der Waals surface area contributed by atoms with Crippen LogP contribution in [0.2, 0.25) is 0 Å². The molecule has 2 fully saturated rings. The molecule has 178 valence electrons. The van der Waals surface area contributed by atoms with Crippen LogP contribution in [0.15, 0.2) is 52.9 Å². The van der Waals surface area contributed by atoms with Gasteiger partial charge in [-0.3, -0.25) is 9.59 Å². The van der Waals surface area contributed by atoms with E-state index in [9.17, 15) is 9.59 Å². The highest BCUT2D eigenvalue weighted by atomic mass is 16.5. The molecule has 1 saturated heterocycles. The third kappa shape index (κ3) is 4.60. The van der Waals surface area contributed by atoms with Crippen molar-refractivity contribution >= 4 is 34.2 Å². The molecule has 1 saturated carbocycles. The minimum Gasteiger partial charge on any atom is -0.497 e. The van der Waals surface area contributed by atoms with Gasteiger partial charge in [0.25, 0.3) is 5.91 Å². The number of benzene rings is 2. The van der Waals surface area contributed by atoms with Gasteiger partial charge in [-0.2, -0.15) is 0 Å². The van der Waals surface area contributed by atoms with Crippen molar-refractivity contribution in [2.24, 2.45) is 5.92 Å². The Balaban J connectivity index is 1.30. The molecule has 1 aliphatic heterocycles. The lowest BCUT2D eigenvalue weighted by atomic mass is 10.0. The van der Waals surface area contributed by atoms with Gasteiger partial charge in [0, 0.05) is 43.7 Å². The van der Waals surface area contributed by atoms with Crippen LogP contribution >= 0.6 is 0 Å². The van der Waals surface area contributed by atoms with Crippen LogP contribution < -0.4 is 15.0 Å². The zero-order chi connectivity index (χ0) is 23.5. The first-order valence-electron chi connectivity index (χ1n) is 12.1. The van der Waals surface area contributed by atoms with Crippen LogP contribution in [0.5, 0.6) is 5.75 Å². The van der Waals surface area contributed by atoms with Gasteiger partial charge in [0.2, 0.25) is 11.7 Å². The van der Waals surface area contributed by atoms with Gasteiger partial charge in [0.15, 0.2) is 0 Å². The summed E-state index contributed by atoms with van der Waals surface area (Å²) in [5, 5.41) is 3.79. The maximum Gasteiger partial charge on any atom is 0.291 e. The molecule has 2 aliphatic rings. The standard InChI is InChI=1S/C27H31N3O4/c1-33-21-12-10-20(11-13-21)29-14-16-30(17-15-29)27(32)26-25(22-8-4-5-9-23(22)34-26)28-24(31)18-19-6-2-3-7-19/h4-5,8-13,19H,2-3,6-7,14-18H2,1H3,(H,28,31). The first-order valence-corrected chi connectivity index (χ1v) is 12.1. The van der Waals surface area contributed by atoms with Crippen molar-refractivity contribution in [3.8, 4) is 5.75 Å². The Morgan fingerprint density at radius 1 is 1.00 bits per heavy atom. The van der Waals surface area contributed by atoms with Crippen molar-refractivity contribution in [2.45, 2.75) is 32.1 Å². The van der Waals surface area contributed by atoms with E-state index in [0.717, 1.165) is 42.8 Å². The second-order valence-corrected chi connectivity index (χ2v) is 9.18. The highest BCUT2D eigenvalue weighted by molar-refractivity contribution is 6.10. The van der Waals surface area contributed by atoms with Crippen LogP contribution in [0.25, 0.3) is 11.0 Å². The summed E-state index contributed by atoms with van der Waals surface area (Å²) < 4.78 is 11.2. The van der Waals surface area contributed by atoms with E-state index < -0.39 is 0 Å². The molecule has 0 bridgehead atoms. The summed E-state index contributed by atoms with van der Waals surface area (Å²) in [6.45, 7) is 2.61. The quantitative estimate of drug-likeness (QED) is 0.564. The third-order valence-electron chi connectivity index (χ3n) is 7.01. The van der Waals surface area contributed by atoms with Gasteiger partial charge >= 0.3 is 0 Å². The van der Waals surface area contributed by atoms with E-state index in [-0.39, 0.29) is 17.6 Å². The zero-order valence-corrected chi connectivity index (χ0v) is 19.6. The summed E-state index contributed by atoms with van der Waals surface area (Å²) in [5.41, 5.74) is 2.22. The summed E-state index contributed by atoms with van der Waals surface area (Å²) in [6, 6.07) is 15.5. The second-order valence-electron chi connectivity index (χ2n) is 9.18. The fourth-order valence-corrected chi connectivity index (χ4v) is 5.09. The molecule has 3 aromatic rings. The molecule has 2 aromatic carbocycles. The lowest BCUT2D eigenvalue weighted by Crippen LogP contribution is -2.48. The largest absolute Gasteiger partial charge is 0.497 e. The average Bonchev–Trinajstić information content (AvgIpc) is 3.52. The van der Waals surface area contributed by atoms with Crippen LogP contribution in [0.4, 0.5) is 11.4 Å². The number of nitrogens with one attached hydrogen (secondary N) is 1. The van der Waals surface area contributed by atoms with Gasteiger partial charge in [-0.15, -0.1) is 0 Å². The normalized spacial score (nSPS) is 16.7. The van der Waals surface area contributed by atoms with Crippen LogP contribution in [0, 0.1) is 5.92 Å². The Morgan fingerprint density at radius 2 is 1.71 bits per heavy atom. The molecular formula is C27H31N3O4. The van der Waals surface area contributed by atoms with E-state index in [1.165, 1.54) is 12.8 Å². The molecule has 2 amide bonds. The Hall–Kier alpha value is -3.48. The van der Waals surface area contributed by atoms with Gasteiger partial charge < -0.3 is 24.3 Å².